The Morgan fingerprint density at radius 3 is 2.61 bits per heavy atom. The summed E-state index contributed by atoms with van der Waals surface area (Å²) < 4.78 is 48.4. The number of ether oxygens (including phenoxy) is 1. The van der Waals surface area contributed by atoms with E-state index in [4.69, 9.17) is 16.3 Å². The first-order chi connectivity index (χ1) is 14.6. The number of alkyl halides is 3. The first-order valence-electron chi connectivity index (χ1n) is 9.54. The van der Waals surface area contributed by atoms with E-state index in [-0.39, 0.29) is 34.3 Å². The first-order valence-corrected chi connectivity index (χ1v) is 9.92. The van der Waals surface area contributed by atoms with Gasteiger partial charge in [0.05, 0.1) is 29.7 Å². The van der Waals surface area contributed by atoms with Crippen LogP contribution in [0.3, 0.4) is 0 Å². The molecule has 2 atom stereocenters. The van der Waals surface area contributed by atoms with Crippen LogP contribution >= 0.6 is 11.6 Å². The minimum absolute atomic E-state index is 0.00975. The van der Waals surface area contributed by atoms with Crippen LogP contribution in [0.4, 0.5) is 24.5 Å². The zero-order valence-corrected chi connectivity index (χ0v) is 17.4. The van der Waals surface area contributed by atoms with Gasteiger partial charge in [-0.15, -0.1) is 0 Å². The van der Waals surface area contributed by atoms with Crippen molar-refractivity contribution in [2.24, 2.45) is 0 Å². The van der Waals surface area contributed by atoms with Crippen LogP contribution in [0.5, 0.6) is 0 Å². The molecule has 0 unspecified atom stereocenters. The maximum absolute atomic E-state index is 13.8. The molecule has 2 aromatic heterocycles. The molecule has 11 heteroatoms. The summed E-state index contributed by atoms with van der Waals surface area (Å²) in [6.07, 6.45) is -2.14. The fourth-order valence-electron chi connectivity index (χ4n) is 3.66. The molecular weight excluding hydrogens is 435 g/mol. The van der Waals surface area contributed by atoms with Gasteiger partial charge in [-0.25, -0.2) is 9.50 Å². The van der Waals surface area contributed by atoms with E-state index in [1.54, 1.807) is 6.07 Å². The lowest BCUT2D eigenvalue weighted by molar-refractivity contribution is -0.136. The second-order valence-electron chi connectivity index (χ2n) is 7.42. The predicted octanol–water partition coefficient (Wildman–Crippen LogP) is 4.27. The number of carbonyl (C=O) groups excluding carboxylic acids is 1. The van der Waals surface area contributed by atoms with Gasteiger partial charge in [-0.1, -0.05) is 11.6 Å². The van der Waals surface area contributed by atoms with E-state index in [1.165, 1.54) is 29.0 Å². The highest BCUT2D eigenvalue weighted by atomic mass is 35.5. The van der Waals surface area contributed by atoms with Crippen molar-refractivity contribution in [1.82, 2.24) is 14.6 Å². The molecular formula is C20H19ClF3N5O2. The number of rotatable bonds is 3. The summed E-state index contributed by atoms with van der Waals surface area (Å²) in [6.45, 7) is 4.70. The molecule has 1 aliphatic rings. The second kappa shape index (κ2) is 8.01. The maximum atomic E-state index is 13.8. The zero-order chi connectivity index (χ0) is 22.3. The molecule has 31 heavy (non-hydrogen) atoms. The Bertz CT molecular complexity index is 1120. The van der Waals surface area contributed by atoms with E-state index in [0.717, 1.165) is 6.07 Å². The number of hydrogen-bond donors (Lipinski definition) is 1. The van der Waals surface area contributed by atoms with Crippen LogP contribution in [-0.4, -0.2) is 45.8 Å². The number of halogens is 4. The van der Waals surface area contributed by atoms with Gasteiger partial charge in [0.1, 0.15) is 10.7 Å². The average Bonchev–Trinajstić information content (AvgIpc) is 3.09. The molecule has 3 aromatic rings. The Hall–Kier alpha value is -2.85. The van der Waals surface area contributed by atoms with Gasteiger partial charge in [-0.05, 0) is 38.1 Å². The second-order valence-corrected chi connectivity index (χ2v) is 7.81. The SMILES string of the molecule is C[C@@H]1CN(c2ccc(NC(=O)c3cnn4ccc(Cl)nc34)c(C(F)(F)F)c2)C[C@H](C)O1. The number of benzene rings is 1. The topological polar surface area (TPSA) is 71.8 Å². The number of aromatic nitrogens is 3. The van der Waals surface area contributed by atoms with Gasteiger partial charge >= 0.3 is 6.18 Å². The highest BCUT2D eigenvalue weighted by Gasteiger charge is 2.35. The van der Waals surface area contributed by atoms with Gasteiger partial charge < -0.3 is 15.0 Å². The third-order valence-corrected chi connectivity index (χ3v) is 5.13. The molecule has 0 saturated carbocycles. The van der Waals surface area contributed by atoms with Gasteiger partial charge in [0.15, 0.2) is 5.65 Å². The van der Waals surface area contributed by atoms with Crippen molar-refractivity contribution < 1.29 is 22.7 Å². The van der Waals surface area contributed by atoms with E-state index >= 15 is 0 Å². The summed E-state index contributed by atoms with van der Waals surface area (Å²) in [5.74, 6) is -0.767. The third-order valence-electron chi connectivity index (χ3n) is 4.92. The molecule has 4 rings (SSSR count). The summed E-state index contributed by atoms with van der Waals surface area (Å²) in [5, 5.41) is 6.45. The van der Waals surface area contributed by atoms with E-state index < -0.39 is 17.6 Å². The number of morpholine rings is 1. The van der Waals surface area contributed by atoms with Crippen LogP contribution in [-0.2, 0) is 10.9 Å². The van der Waals surface area contributed by atoms with Crippen molar-refractivity contribution in [2.45, 2.75) is 32.2 Å². The van der Waals surface area contributed by atoms with E-state index in [0.29, 0.717) is 18.8 Å². The quantitative estimate of drug-likeness (QED) is 0.600. The minimum Gasteiger partial charge on any atom is -0.372 e. The number of fused-ring (bicyclic) bond motifs is 1. The molecule has 7 nitrogen and oxygen atoms in total. The molecule has 1 saturated heterocycles. The fourth-order valence-corrected chi connectivity index (χ4v) is 3.79. The van der Waals surface area contributed by atoms with Crippen LogP contribution in [0.1, 0.15) is 29.8 Å². The highest BCUT2D eigenvalue weighted by molar-refractivity contribution is 6.29. The number of amides is 1. The molecule has 3 heterocycles. The number of anilines is 2. The number of nitrogens with zero attached hydrogens (tertiary/aromatic N) is 4. The van der Waals surface area contributed by atoms with Crippen molar-refractivity contribution in [1.29, 1.82) is 0 Å². The van der Waals surface area contributed by atoms with Crippen molar-refractivity contribution in [3.8, 4) is 0 Å². The van der Waals surface area contributed by atoms with Gasteiger partial charge in [0, 0.05) is 25.0 Å². The average molecular weight is 454 g/mol. The van der Waals surface area contributed by atoms with Crippen LogP contribution < -0.4 is 10.2 Å². The van der Waals surface area contributed by atoms with Crippen LogP contribution in [0.2, 0.25) is 5.15 Å². The van der Waals surface area contributed by atoms with Crippen molar-refractivity contribution in [3.63, 3.8) is 0 Å². The minimum atomic E-state index is -4.66. The lowest BCUT2D eigenvalue weighted by Gasteiger charge is -2.37. The standard InChI is InChI=1S/C20H19ClF3N5O2/c1-11-9-28(10-12(2)31-11)13-3-4-16(15(7-13)20(22,23)24)26-19(30)14-8-25-29-6-5-17(21)27-18(14)29/h3-8,11-12H,9-10H2,1-2H3,(H,26,30)/t11-,12+. The Morgan fingerprint density at radius 1 is 1.23 bits per heavy atom. The maximum Gasteiger partial charge on any atom is 0.418 e. The Labute approximate surface area is 180 Å². The molecule has 1 aromatic carbocycles. The summed E-state index contributed by atoms with van der Waals surface area (Å²) in [5.41, 5.74) is -0.719. The molecule has 0 radical (unpaired) electrons. The van der Waals surface area contributed by atoms with Gasteiger partial charge in [-0.3, -0.25) is 4.79 Å². The molecule has 1 amide bonds. The Kier molecular flexibility index (Phi) is 5.52. The van der Waals surface area contributed by atoms with Gasteiger partial charge in [-0.2, -0.15) is 18.3 Å². The highest BCUT2D eigenvalue weighted by Crippen LogP contribution is 2.38. The molecule has 1 fully saturated rings. The normalized spacial score (nSPS) is 19.6. The van der Waals surface area contributed by atoms with Crippen molar-refractivity contribution in [3.05, 3.63) is 52.9 Å². The predicted molar refractivity (Wildman–Crippen MR) is 110 cm³/mol. The zero-order valence-electron chi connectivity index (χ0n) is 16.7. The fraction of sp³-hybridized carbons (Fsp3) is 0.350. The first kappa shape index (κ1) is 21.4. The molecule has 1 aliphatic heterocycles. The number of hydrogen-bond acceptors (Lipinski definition) is 5. The summed E-state index contributed by atoms with van der Waals surface area (Å²) in [7, 11) is 0. The number of carbonyl (C=O) groups is 1. The van der Waals surface area contributed by atoms with Gasteiger partial charge in [0.2, 0.25) is 0 Å². The van der Waals surface area contributed by atoms with Crippen molar-refractivity contribution in [2.75, 3.05) is 23.3 Å². The third kappa shape index (κ3) is 4.45. The van der Waals surface area contributed by atoms with E-state index in [1.807, 2.05) is 18.7 Å². The summed E-state index contributed by atoms with van der Waals surface area (Å²) >= 11 is 5.86. The van der Waals surface area contributed by atoms with Crippen LogP contribution in [0.25, 0.3) is 5.65 Å². The Morgan fingerprint density at radius 2 is 1.94 bits per heavy atom. The summed E-state index contributed by atoms with van der Waals surface area (Å²) in [4.78, 5) is 18.6. The smallest absolute Gasteiger partial charge is 0.372 e. The molecule has 1 N–H and O–H groups in total. The van der Waals surface area contributed by atoms with E-state index in [9.17, 15) is 18.0 Å². The Balaban J connectivity index is 1.66. The van der Waals surface area contributed by atoms with E-state index in [2.05, 4.69) is 15.4 Å². The monoisotopic (exact) mass is 453 g/mol. The largest absolute Gasteiger partial charge is 0.418 e. The summed E-state index contributed by atoms with van der Waals surface area (Å²) in [6, 6.07) is 5.34. The molecule has 0 bridgehead atoms. The molecule has 164 valence electrons. The lowest BCUT2D eigenvalue weighted by atomic mass is 10.1. The van der Waals surface area contributed by atoms with Crippen molar-refractivity contribution >= 4 is 34.5 Å². The molecule has 0 spiro atoms. The van der Waals surface area contributed by atoms with Gasteiger partial charge in [0.25, 0.3) is 5.91 Å². The lowest BCUT2D eigenvalue weighted by Crippen LogP contribution is -2.45. The van der Waals surface area contributed by atoms with Crippen LogP contribution in [0.15, 0.2) is 36.7 Å². The molecule has 0 aliphatic carbocycles. The number of nitrogens with one attached hydrogen (secondary N) is 1. The van der Waals surface area contributed by atoms with Crippen LogP contribution in [0, 0.1) is 0 Å².